The molecule has 4 unspecified atom stereocenters. The lowest BCUT2D eigenvalue weighted by Crippen LogP contribution is -2.09. The zero-order chi connectivity index (χ0) is 13.5. The zero-order valence-electron chi connectivity index (χ0n) is 12.6. The Kier molecular flexibility index (Phi) is 6.62. The van der Waals surface area contributed by atoms with E-state index in [1.165, 1.54) is 51.4 Å². The van der Waals surface area contributed by atoms with Gasteiger partial charge >= 0.3 is 0 Å². The molecule has 2 aliphatic rings. The Morgan fingerprint density at radius 2 is 1.21 bits per heavy atom. The molecule has 3 heteroatoms. The molecule has 112 valence electrons. The quantitative estimate of drug-likeness (QED) is 0.633. The van der Waals surface area contributed by atoms with Gasteiger partial charge in [0.05, 0.1) is 12.2 Å². The molecule has 2 aliphatic carbocycles. The van der Waals surface area contributed by atoms with Crippen molar-refractivity contribution in [3.05, 3.63) is 0 Å². The van der Waals surface area contributed by atoms with Crippen LogP contribution in [0.2, 0.25) is 0 Å². The Morgan fingerprint density at radius 3 is 1.58 bits per heavy atom. The van der Waals surface area contributed by atoms with Crippen molar-refractivity contribution in [1.29, 1.82) is 0 Å². The maximum Gasteiger partial charge on any atom is 0.0574 e. The van der Waals surface area contributed by atoms with Gasteiger partial charge in [-0.25, -0.2) is 0 Å². The molecule has 0 spiro atoms. The number of hydrogen-bond acceptors (Lipinski definition) is 3. The van der Waals surface area contributed by atoms with E-state index < -0.39 is 0 Å². The van der Waals surface area contributed by atoms with Crippen LogP contribution < -0.4 is 0 Å². The largest absolute Gasteiger partial charge is 0.381 e. The summed E-state index contributed by atoms with van der Waals surface area (Å²) >= 11 is 0. The van der Waals surface area contributed by atoms with Gasteiger partial charge in [0.2, 0.25) is 0 Å². The van der Waals surface area contributed by atoms with Crippen molar-refractivity contribution < 1.29 is 14.2 Å². The van der Waals surface area contributed by atoms with Gasteiger partial charge in [-0.1, -0.05) is 0 Å². The third-order valence-electron chi connectivity index (χ3n) is 4.99. The van der Waals surface area contributed by atoms with Crippen molar-refractivity contribution in [2.45, 2.75) is 63.6 Å². The monoisotopic (exact) mass is 270 g/mol. The highest BCUT2D eigenvalue weighted by molar-refractivity contribution is 4.76. The third-order valence-corrected chi connectivity index (χ3v) is 4.99. The molecule has 0 bridgehead atoms. The molecule has 2 saturated carbocycles. The summed E-state index contributed by atoms with van der Waals surface area (Å²) < 4.78 is 16.6. The molecule has 3 nitrogen and oxygen atoms in total. The van der Waals surface area contributed by atoms with E-state index in [9.17, 15) is 0 Å². The Morgan fingerprint density at radius 1 is 0.737 bits per heavy atom. The summed E-state index contributed by atoms with van der Waals surface area (Å²) in [7, 11) is 3.66. The Labute approximate surface area is 118 Å². The standard InChI is InChI=1S/C16H30O3/c1-17-15-5-3-13(11-15)7-9-19-10-8-14-4-6-16(12-14)18-2/h13-16H,3-12H2,1-2H3. The average Bonchev–Trinajstić information content (AvgIpc) is 3.06. The summed E-state index contributed by atoms with van der Waals surface area (Å²) in [5.41, 5.74) is 0. The smallest absolute Gasteiger partial charge is 0.0574 e. The highest BCUT2D eigenvalue weighted by Gasteiger charge is 2.25. The first-order valence-corrected chi connectivity index (χ1v) is 7.95. The minimum absolute atomic E-state index is 0.509. The van der Waals surface area contributed by atoms with Gasteiger partial charge in [-0.15, -0.1) is 0 Å². The predicted octanol–water partition coefficient (Wildman–Crippen LogP) is 3.41. The van der Waals surface area contributed by atoms with Gasteiger partial charge in [0.1, 0.15) is 0 Å². The molecular formula is C16H30O3. The van der Waals surface area contributed by atoms with Crippen LogP contribution in [0.5, 0.6) is 0 Å². The molecule has 19 heavy (non-hydrogen) atoms. The normalized spacial score (nSPS) is 35.1. The van der Waals surface area contributed by atoms with Crippen LogP contribution in [0.15, 0.2) is 0 Å². The number of rotatable bonds is 8. The first-order chi connectivity index (χ1) is 9.31. The molecule has 2 fully saturated rings. The molecule has 0 amide bonds. The second-order valence-corrected chi connectivity index (χ2v) is 6.26. The topological polar surface area (TPSA) is 27.7 Å². The highest BCUT2D eigenvalue weighted by Crippen LogP contribution is 2.31. The first kappa shape index (κ1) is 15.3. The van der Waals surface area contributed by atoms with E-state index in [1.807, 2.05) is 14.2 Å². The summed E-state index contributed by atoms with van der Waals surface area (Å²) in [6.45, 7) is 1.86. The predicted molar refractivity (Wildman–Crippen MR) is 76.3 cm³/mol. The van der Waals surface area contributed by atoms with Gasteiger partial charge in [0, 0.05) is 27.4 Å². The molecule has 0 N–H and O–H groups in total. The van der Waals surface area contributed by atoms with E-state index in [0.29, 0.717) is 12.2 Å². The van der Waals surface area contributed by atoms with Crippen LogP contribution in [0.4, 0.5) is 0 Å². The van der Waals surface area contributed by atoms with E-state index in [2.05, 4.69) is 0 Å². The van der Waals surface area contributed by atoms with Crippen molar-refractivity contribution >= 4 is 0 Å². The highest BCUT2D eigenvalue weighted by atomic mass is 16.5. The molecular weight excluding hydrogens is 240 g/mol. The second kappa shape index (κ2) is 8.23. The fourth-order valence-corrected chi connectivity index (χ4v) is 3.61. The van der Waals surface area contributed by atoms with Gasteiger partial charge < -0.3 is 14.2 Å². The van der Waals surface area contributed by atoms with Crippen LogP contribution >= 0.6 is 0 Å². The van der Waals surface area contributed by atoms with E-state index in [4.69, 9.17) is 14.2 Å². The molecule has 4 atom stereocenters. The van der Waals surface area contributed by atoms with Crippen molar-refractivity contribution in [2.75, 3.05) is 27.4 Å². The van der Waals surface area contributed by atoms with Crippen molar-refractivity contribution in [1.82, 2.24) is 0 Å². The van der Waals surface area contributed by atoms with Crippen LogP contribution in [0, 0.1) is 11.8 Å². The number of ether oxygens (including phenoxy) is 3. The molecule has 0 aromatic rings. The summed E-state index contributed by atoms with van der Waals surface area (Å²) in [6, 6.07) is 0. The SMILES string of the molecule is COC1CCC(CCOCCC2CCC(OC)C2)C1. The number of methoxy groups -OCH3 is 2. The average molecular weight is 270 g/mol. The van der Waals surface area contributed by atoms with Gasteiger partial charge in [0.15, 0.2) is 0 Å². The lowest BCUT2D eigenvalue weighted by molar-refractivity contribution is 0.0874. The van der Waals surface area contributed by atoms with Crippen LogP contribution in [0.1, 0.15) is 51.4 Å². The third kappa shape index (κ3) is 5.05. The van der Waals surface area contributed by atoms with E-state index >= 15 is 0 Å². The maximum atomic E-state index is 5.81. The minimum Gasteiger partial charge on any atom is -0.381 e. The van der Waals surface area contributed by atoms with Crippen LogP contribution in [0.3, 0.4) is 0 Å². The number of hydrogen-bond donors (Lipinski definition) is 0. The zero-order valence-corrected chi connectivity index (χ0v) is 12.6. The van der Waals surface area contributed by atoms with Gasteiger partial charge in [-0.05, 0) is 63.2 Å². The Balaban J connectivity index is 1.45. The molecule has 0 radical (unpaired) electrons. The van der Waals surface area contributed by atoms with Crippen LogP contribution in [0.25, 0.3) is 0 Å². The molecule has 0 saturated heterocycles. The van der Waals surface area contributed by atoms with Crippen LogP contribution in [-0.2, 0) is 14.2 Å². The molecule has 0 heterocycles. The lowest BCUT2D eigenvalue weighted by Gasteiger charge is -2.13. The van der Waals surface area contributed by atoms with E-state index in [-0.39, 0.29) is 0 Å². The van der Waals surface area contributed by atoms with Gasteiger partial charge in [-0.3, -0.25) is 0 Å². The summed E-state index contributed by atoms with van der Waals surface area (Å²) in [6.07, 6.45) is 11.0. The van der Waals surface area contributed by atoms with Crippen LogP contribution in [-0.4, -0.2) is 39.6 Å². The summed E-state index contributed by atoms with van der Waals surface area (Å²) in [5, 5.41) is 0. The summed E-state index contributed by atoms with van der Waals surface area (Å²) in [5.74, 6) is 1.66. The van der Waals surface area contributed by atoms with Gasteiger partial charge in [0.25, 0.3) is 0 Å². The van der Waals surface area contributed by atoms with Crippen molar-refractivity contribution in [2.24, 2.45) is 11.8 Å². The lowest BCUT2D eigenvalue weighted by atomic mass is 10.0. The van der Waals surface area contributed by atoms with E-state index in [1.54, 1.807) is 0 Å². The molecule has 2 rings (SSSR count). The molecule has 0 aromatic carbocycles. The van der Waals surface area contributed by atoms with Gasteiger partial charge in [-0.2, -0.15) is 0 Å². The second-order valence-electron chi connectivity index (χ2n) is 6.26. The minimum atomic E-state index is 0.509. The van der Waals surface area contributed by atoms with E-state index in [0.717, 1.165) is 25.0 Å². The fourth-order valence-electron chi connectivity index (χ4n) is 3.61. The van der Waals surface area contributed by atoms with Crippen molar-refractivity contribution in [3.63, 3.8) is 0 Å². The summed E-state index contributed by atoms with van der Waals surface area (Å²) in [4.78, 5) is 0. The molecule has 0 aromatic heterocycles. The Bertz CT molecular complexity index is 220. The molecule has 0 aliphatic heterocycles. The first-order valence-electron chi connectivity index (χ1n) is 7.95. The van der Waals surface area contributed by atoms with Crippen molar-refractivity contribution in [3.8, 4) is 0 Å². The fraction of sp³-hybridized carbons (Fsp3) is 1.00. The Hall–Kier alpha value is -0.120. The maximum absolute atomic E-state index is 5.81.